The van der Waals surface area contributed by atoms with Crippen LogP contribution >= 0.6 is 0 Å². The van der Waals surface area contributed by atoms with Gasteiger partial charge < -0.3 is 10.0 Å². The first-order valence-corrected chi connectivity index (χ1v) is 8.29. The third-order valence-electron chi connectivity index (χ3n) is 4.07. The second kappa shape index (κ2) is 8.34. The third kappa shape index (κ3) is 4.04. The smallest absolute Gasteiger partial charge is 0.233 e. The van der Waals surface area contributed by atoms with E-state index in [1.165, 1.54) is 26.9 Å². The third-order valence-corrected chi connectivity index (χ3v) is 4.07. The summed E-state index contributed by atoms with van der Waals surface area (Å²) in [5, 5.41) is 19.2. The number of benzene rings is 2. The van der Waals surface area contributed by atoms with E-state index in [1.54, 1.807) is 0 Å². The zero-order valence-corrected chi connectivity index (χ0v) is 14.8. The average Bonchev–Trinajstić information content (AvgIpc) is 2.59. The molecule has 24 heavy (non-hydrogen) atoms. The van der Waals surface area contributed by atoms with Crippen molar-refractivity contribution in [3.63, 3.8) is 0 Å². The summed E-state index contributed by atoms with van der Waals surface area (Å²) in [7, 11) is 0. The van der Waals surface area contributed by atoms with Crippen LogP contribution in [0.4, 0.5) is 0 Å². The Bertz CT molecular complexity index is 750. The Hall–Kier alpha value is -2.56. The molecule has 0 aromatic heterocycles. The Morgan fingerprint density at radius 3 is 2.54 bits per heavy atom. The second-order valence-electron chi connectivity index (χ2n) is 5.64. The van der Waals surface area contributed by atoms with Crippen LogP contribution in [0, 0.1) is 19.1 Å². The summed E-state index contributed by atoms with van der Waals surface area (Å²) < 4.78 is 0. The lowest BCUT2D eigenvalue weighted by atomic mass is 9.96. The molecule has 0 aliphatic heterocycles. The molecule has 5 heteroatoms. The van der Waals surface area contributed by atoms with E-state index in [-0.39, 0.29) is 6.61 Å². The van der Waals surface area contributed by atoms with Gasteiger partial charge in [-0.1, -0.05) is 36.4 Å². The van der Waals surface area contributed by atoms with Gasteiger partial charge >= 0.3 is 0 Å². The Morgan fingerprint density at radius 2 is 1.83 bits per heavy atom. The van der Waals surface area contributed by atoms with Crippen molar-refractivity contribution in [1.29, 1.82) is 0 Å². The van der Waals surface area contributed by atoms with Crippen molar-refractivity contribution in [1.82, 2.24) is 5.01 Å². The summed E-state index contributed by atoms with van der Waals surface area (Å²) in [6.07, 6.45) is 3.88. The molecule has 2 rings (SSSR count). The molecule has 128 valence electrons. The van der Waals surface area contributed by atoms with Gasteiger partial charge in [0, 0.05) is 0 Å². The molecule has 0 saturated carbocycles. The van der Waals surface area contributed by atoms with Crippen molar-refractivity contribution in [2.45, 2.75) is 27.7 Å². The fourth-order valence-corrected chi connectivity index (χ4v) is 2.72. The molecule has 0 N–H and O–H groups in total. The lowest BCUT2D eigenvalue weighted by molar-refractivity contribution is -0.709. The maximum Gasteiger partial charge on any atom is 0.233 e. The van der Waals surface area contributed by atoms with Gasteiger partial charge in [0.05, 0.1) is 18.1 Å². The largest absolute Gasteiger partial charge is 0.569 e. The molecule has 5 nitrogen and oxygen atoms in total. The zero-order chi connectivity index (χ0) is 17.5. The van der Waals surface area contributed by atoms with Gasteiger partial charge in [0.2, 0.25) is 5.28 Å². The number of hydrogen-bond donors (Lipinski definition) is 0. The summed E-state index contributed by atoms with van der Waals surface area (Å²) in [6.45, 7) is 9.47. The van der Waals surface area contributed by atoms with Crippen molar-refractivity contribution >= 4 is 16.8 Å². The van der Waals surface area contributed by atoms with Crippen molar-refractivity contribution < 1.29 is 9.81 Å². The van der Waals surface area contributed by atoms with Gasteiger partial charge in [0.1, 0.15) is 6.61 Å². The van der Waals surface area contributed by atoms with E-state index < -0.39 is 0 Å². The molecule has 0 aliphatic carbocycles. The zero-order valence-electron chi connectivity index (χ0n) is 14.8. The van der Waals surface area contributed by atoms with E-state index in [4.69, 9.17) is 4.84 Å². The molecule has 0 saturated heterocycles. The van der Waals surface area contributed by atoms with Crippen molar-refractivity contribution in [3.05, 3.63) is 58.3 Å². The van der Waals surface area contributed by atoms with Crippen LogP contribution in [-0.4, -0.2) is 29.7 Å². The SMILES string of the molecule is CCN(CC)/[N+]([O-])=N/OC/C=C/c1cccc2c(C)ccc(C)c12. The van der Waals surface area contributed by atoms with Gasteiger partial charge in [0.25, 0.3) is 0 Å². The topological polar surface area (TPSA) is 50.9 Å². The quantitative estimate of drug-likeness (QED) is 0.323. The number of fused-ring (bicyclic) bond motifs is 1. The van der Waals surface area contributed by atoms with E-state index in [0.717, 1.165) is 5.56 Å². The molecular weight excluding hydrogens is 302 g/mol. The maximum atomic E-state index is 11.6. The fraction of sp³-hybridized carbons (Fsp3) is 0.368. The number of rotatable bonds is 7. The maximum absolute atomic E-state index is 11.6. The Balaban J connectivity index is 2.09. The van der Waals surface area contributed by atoms with Gasteiger partial charge in [-0.15, -0.1) is 5.01 Å². The molecule has 2 aromatic rings. The van der Waals surface area contributed by atoms with E-state index in [9.17, 15) is 5.21 Å². The van der Waals surface area contributed by atoms with Gasteiger partial charge in [0.15, 0.2) is 0 Å². The van der Waals surface area contributed by atoms with Crippen LogP contribution in [0.1, 0.15) is 30.5 Å². The summed E-state index contributed by atoms with van der Waals surface area (Å²) >= 11 is 0. The van der Waals surface area contributed by atoms with E-state index in [0.29, 0.717) is 18.1 Å². The Morgan fingerprint density at radius 1 is 1.12 bits per heavy atom. The Kier molecular flexibility index (Phi) is 6.18. The summed E-state index contributed by atoms with van der Waals surface area (Å²) in [5.41, 5.74) is 3.65. The number of hydrogen-bond acceptors (Lipinski definition) is 3. The molecule has 2 aromatic carbocycles. The molecular formula is C19H25N3O2. The van der Waals surface area contributed by atoms with Gasteiger partial charge in [-0.2, -0.15) is 0 Å². The minimum absolute atomic E-state index is 0.251. The van der Waals surface area contributed by atoms with Crippen LogP contribution in [0.3, 0.4) is 0 Å². The van der Waals surface area contributed by atoms with Crippen LogP contribution in [0.2, 0.25) is 0 Å². The highest BCUT2D eigenvalue weighted by Gasteiger charge is 2.06. The Labute approximate surface area is 143 Å². The standard InChI is InChI=1S/C19H25N3O2/c1-5-21(6-2)22(23)20-24-14-8-10-17-9-7-11-18-15(3)12-13-16(4)19(17)18/h7-13H,5-6,14H2,1-4H3/b10-8+,22-20-. The summed E-state index contributed by atoms with van der Waals surface area (Å²) in [4.78, 5) is 5.58. The van der Waals surface area contributed by atoms with Crippen LogP contribution in [0.5, 0.6) is 0 Å². The fourth-order valence-electron chi connectivity index (χ4n) is 2.72. The lowest BCUT2D eigenvalue weighted by Crippen LogP contribution is -2.30. The van der Waals surface area contributed by atoms with E-state index in [2.05, 4.69) is 49.5 Å². The molecule has 0 amide bonds. The molecule has 0 spiro atoms. The molecule has 0 fully saturated rings. The van der Waals surface area contributed by atoms with Gasteiger partial charge in [-0.25, -0.2) is 0 Å². The lowest BCUT2D eigenvalue weighted by Gasteiger charge is -2.12. The molecule has 0 aliphatic rings. The van der Waals surface area contributed by atoms with Crippen molar-refractivity contribution in [2.75, 3.05) is 19.7 Å². The van der Waals surface area contributed by atoms with Gasteiger partial charge in [-0.3, -0.25) is 0 Å². The van der Waals surface area contributed by atoms with E-state index >= 15 is 0 Å². The van der Waals surface area contributed by atoms with Crippen LogP contribution in [0.25, 0.3) is 16.8 Å². The van der Waals surface area contributed by atoms with Crippen LogP contribution in [-0.2, 0) is 4.84 Å². The normalized spacial score (nSPS) is 12.1. The predicted molar refractivity (Wildman–Crippen MR) is 97.4 cm³/mol. The van der Waals surface area contributed by atoms with Crippen LogP contribution in [0.15, 0.2) is 41.7 Å². The molecule has 0 unspecified atom stereocenters. The summed E-state index contributed by atoms with van der Waals surface area (Å²) in [6, 6.07) is 10.6. The predicted octanol–water partition coefficient (Wildman–Crippen LogP) is 4.62. The highest BCUT2D eigenvalue weighted by Crippen LogP contribution is 2.26. The summed E-state index contributed by atoms with van der Waals surface area (Å²) in [5.74, 6) is 0. The minimum Gasteiger partial charge on any atom is -0.569 e. The minimum atomic E-state index is 0.251. The highest BCUT2D eigenvalue weighted by molar-refractivity contribution is 5.95. The highest BCUT2D eigenvalue weighted by atomic mass is 16.7. The first kappa shape index (κ1) is 17.8. The molecule has 0 atom stereocenters. The first-order valence-electron chi connectivity index (χ1n) is 8.29. The number of aryl methyl sites for hydroxylation is 2. The number of hydrazine groups is 1. The number of nitrogens with zero attached hydrogens (tertiary/aromatic N) is 3. The molecule has 0 radical (unpaired) electrons. The van der Waals surface area contributed by atoms with Crippen LogP contribution < -0.4 is 0 Å². The van der Waals surface area contributed by atoms with Crippen molar-refractivity contribution in [2.24, 2.45) is 5.28 Å². The first-order chi connectivity index (χ1) is 11.6. The van der Waals surface area contributed by atoms with Gasteiger partial charge in [-0.05, 0) is 61.2 Å². The molecule has 0 heterocycles. The average molecular weight is 327 g/mol. The molecule has 0 bridgehead atoms. The second-order valence-corrected chi connectivity index (χ2v) is 5.64. The van der Waals surface area contributed by atoms with Crippen molar-refractivity contribution in [3.8, 4) is 0 Å². The monoisotopic (exact) mass is 327 g/mol. The van der Waals surface area contributed by atoms with E-state index in [1.807, 2.05) is 26.0 Å².